The third-order valence-corrected chi connectivity index (χ3v) is 14.2. The van der Waals surface area contributed by atoms with Gasteiger partial charge in [0.25, 0.3) is 0 Å². The lowest BCUT2D eigenvalue weighted by Crippen LogP contribution is -2.49. The predicted octanol–water partition coefficient (Wildman–Crippen LogP) is 7.51. The van der Waals surface area contributed by atoms with E-state index in [1.54, 1.807) is 60.9 Å². The topological polar surface area (TPSA) is 202 Å². The van der Waals surface area contributed by atoms with Crippen LogP contribution in [0.25, 0.3) is 31.9 Å². The molecule has 2 amide bonds. The second-order valence-corrected chi connectivity index (χ2v) is 18.3. The number of phenols is 1. The number of rotatable bonds is 12. The van der Waals surface area contributed by atoms with E-state index in [1.165, 1.54) is 15.9 Å². The predicted molar refractivity (Wildman–Crippen MR) is 242 cm³/mol. The third kappa shape index (κ3) is 8.54. The number of likely N-dealkylation sites (tertiary alicyclic amines) is 1. The minimum absolute atomic E-state index is 0.0536. The highest BCUT2D eigenvalue weighted by Crippen LogP contribution is 2.41. The van der Waals surface area contributed by atoms with Gasteiger partial charge < -0.3 is 30.4 Å². The average molecular weight is 872 g/mol. The maximum atomic E-state index is 14.2. The van der Waals surface area contributed by atoms with Crippen molar-refractivity contribution in [2.45, 2.75) is 71.6 Å². The molecule has 2 fully saturated rings. The number of hydrogen-bond donors (Lipinski definition) is 5. The van der Waals surface area contributed by atoms with E-state index in [0.717, 1.165) is 43.9 Å². The number of phenolic OH excluding ortho intramolecular Hbond substituents is 1. The highest BCUT2D eigenvalue weighted by Gasteiger charge is 2.43. The summed E-state index contributed by atoms with van der Waals surface area (Å²) in [6.45, 7) is 10.8. The van der Waals surface area contributed by atoms with Crippen molar-refractivity contribution in [3.8, 4) is 27.4 Å². The Morgan fingerprint density at radius 3 is 2.52 bits per heavy atom. The molecular weight excluding hydrogens is 823 g/mol. The minimum Gasteiger partial charge on any atom is -0.511 e. The first-order valence-electron chi connectivity index (χ1n) is 20.7. The number of thiophene rings is 1. The van der Waals surface area contributed by atoms with Gasteiger partial charge in [0, 0.05) is 60.1 Å². The molecule has 320 valence electrons. The van der Waals surface area contributed by atoms with Gasteiger partial charge in [-0.2, -0.15) is 0 Å². The number of β-amino-alcohol motifs (C(OH)–C–C–N with tert-alkyl or cyclic N) is 1. The number of amides is 2. The summed E-state index contributed by atoms with van der Waals surface area (Å²) in [5.74, 6) is -1.88. The lowest BCUT2D eigenvalue weighted by atomic mass is 9.91. The molecule has 14 nitrogen and oxygen atoms in total. The zero-order chi connectivity index (χ0) is 43.8. The minimum atomic E-state index is -1.07. The fourth-order valence-electron chi connectivity index (χ4n) is 8.50. The van der Waals surface area contributed by atoms with Gasteiger partial charge in [-0.05, 0) is 74.1 Å². The SMILES string of the molecule is Cc1ncsc1-c1ccc([C@H](C)NC(=O)[C@@H]2C[C@@H](O)CN2C(=O)[C@@H](/C(O)=C/C(=N)c2ccnc(N3CC[C@@H](c4sc5nnc(-c6ccccc6O)cc5c4C)C3)n2)C(C)C)cc1. The van der Waals surface area contributed by atoms with E-state index in [2.05, 4.69) is 37.3 Å². The van der Waals surface area contributed by atoms with E-state index in [4.69, 9.17) is 10.4 Å². The maximum absolute atomic E-state index is 14.2. The summed E-state index contributed by atoms with van der Waals surface area (Å²) in [5, 5.41) is 54.4. The molecule has 5 atom stereocenters. The van der Waals surface area contributed by atoms with Crippen molar-refractivity contribution in [3.05, 3.63) is 112 Å². The van der Waals surface area contributed by atoms with E-state index in [9.17, 15) is 24.9 Å². The molecule has 6 heterocycles. The third-order valence-electron chi connectivity index (χ3n) is 11.9. The van der Waals surface area contributed by atoms with Gasteiger partial charge >= 0.3 is 0 Å². The Hall–Kier alpha value is -6.10. The van der Waals surface area contributed by atoms with Gasteiger partial charge in [0.05, 0.1) is 51.2 Å². The van der Waals surface area contributed by atoms with Gasteiger partial charge in [0.2, 0.25) is 17.8 Å². The molecule has 8 rings (SSSR count). The first-order chi connectivity index (χ1) is 29.8. The van der Waals surface area contributed by atoms with Crippen molar-refractivity contribution >= 4 is 56.4 Å². The number of aliphatic hydroxyl groups is 2. The van der Waals surface area contributed by atoms with Crippen molar-refractivity contribution in [1.29, 1.82) is 5.41 Å². The van der Waals surface area contributed by atoms with Crippen LogP contribution in [0.15, 0.2) is 84.2 Å². The Balaban J connectivity index is 0.932. The highest BCUT2D eigenvalue weighted by atomic mass is 32.1. The van der Waals surface area contributed by atoms with Crippen molar-refractivity contribution in [1.82, 2.24) is 35.4 Å². The van der Waals surface area contributed by atoms with E-state index >= 15 is 0 Å². The first kappa shape index (κ1) is 42.6. The number of carbonyl (C=O) groups is 2. The number of nitrogens with one attached hydrogen (secondary N) is 2. The number of aryl methyl sites for hydroxylation is 2. The van der Waals surface area contributed by atoms with Crippen molar-refractivity contribution < 1.29 is 24.9 Å². The quantitative estimate of drug-likeness (QED) is 0.0602. The van der Waals surface area contributed by atoms with Gasteiger partial charge in [0.1, 0.15) is 22.4 Å². The van der Waals surface area contributed by atoms with Crippen molar-refractivity contribution in [3.63, 3.8) is 0 Å². The summed E-state index contributed by atoms with van der Waals surface area (Å²) in [5.41, 5.74) is 7.26. The van der Waals surface area contributed by atoms with Crippen molar-refractivity contribution in [2.75, 3.05) is 24.5 Å². The molecule has 2 saturated heterocycles. The van der Waals surface area contributed by atoms with E-state index in [0.29, 0.717) is 30.3 Å². The molecule has 6 aromatic rings. The van der Waals surface area contributed by atoms with Gasteiger partial charge in [-0.1, -0.05) is 50.2 Å². The molecule has 0 spiro atoms. The molecule has 0 saturated carbocycles. The number of nitrogens with zero attached hydrogens (tertiary/aromatic N) is 7. The number of carbonyl (C=O) groups excluding carboxylic acids is 2. The Morgan fingerprint density at radius 1 is 1.02 bits per heavy atom. The summed E-state index contributed by atoms with van der Waals surface area (Å²) >= 11 is 3.19. The smallest absolute Gasteiger partial charge is 0.243 e. The second-order valence-electron chi connectivity index (χ2n) is 16.5. The molecule has 5 N–H and O–H groups in total. The number of aromatic nitrogens is 5. The van der Waals surface area contributed by atoms with Crippen LogP contribution in [0, 0.1) is 31.1 Å². The van der Waals surface area contributed by atoms with Gasteiger partial charge in [-0.25, -0.2) is 15.0 Å². The van der Waals surface area contributed by atoms with E-state index in [-0.39, 0.29) is 47.8 Å². The molecule has 2 aliphatic heterocycles. The van der Waals surface area contributed by atoms with Crippen LogP contribution in [0.2, 0.25) is 0 Å². The number of thiazole rings is 1. The number of allylic oxidation sites excluding steroid dienone is 1. The summed E-state index contributed by atoms with van der Waals surface area (Å²) in [7, 11) is 0. The molecule has 0 radical (unpaired) electrons. The lowest BCUT2D eigenvalue weighted by Gasteiger charge is -2.30. The lowest BCUT2D eigenvalue weighted by molar-refractivity contribution is -0.142. The molecule has 0 aliphatic carbocycles. The molecule has 2 aromatic carbocycles. The zero-order valence-corrected chi connectivity index (χ0v) is 36.7. The normalized spacial score (nSPS) is 19.0. The molecular formula is C46H49N9O5S2. The number of anilines is 1. The van der Waals surface area contributed by atoms with Crippen LogP contribution in [0.3, 0.4) is 0 Å². The Kier molecular flexibility index (Phi) is 12.2. The maximum Gasteiger partial charge on any atom is 0.243 e. The van der Waals surface area contributed by atoms with E-state index < -0.39 is 35.8 Å². The van der Waals surface area contributed by atoms with Gasteiger partial charge in [-0.15, -0.1) is 32.9 Å². The van der Waals surface area contributed by atoms with Gasteiger partial charge in [-0.3, -0.25) is 15.0 Å². The van der Waals surface area contributed by atoms with Crippen LogP contribution in [0.1, 0.15) is 73.0 Å². The number of fused-ring (bicyclic) bond motifs is 1. The molecule has 16 heteroatoms. The van der Waals surface area contributed by atoms with Crippen molar-refractivity contribution in [2.24, 2.45) is 11.8 Å². The molecule has 0 unspecified atom stereocenters. The Morgan fingerprint density at radius 2 is 1.79 bits per heavy atom. The second kappa shape index (κ2) is 17.7. The molecule has 0 bridgehead atoms. The van der Waals surface area contributed by atoms with Crippen LogP contribution in [0.5, 0.6) is 5.75 Å². The van der Waals surface area contributed by atoms with Crippen LogP contribution >= 0.6 is 22.7 Å². The zero-order valence-electron chi connectivity index (χ0n) is 35.1. The number of benzene rings is 2. The average Bonchev–Trinajstić information content (AvgIpc) is 4.07. The van der Waals surface area contributed by atoms with Crippen LogP contribution in [-0.2, 0) is 9.59 Å². The number of aromatic hydroxyl groups is 1. The monoisotopic (exact) mass is 871 g/mol. The summed E-state index contributed by atoms with van der Waals surface area (Å²) in [6.07, 6.45) is 2.85. The van der Waals surface area contributed by atoms with Gasteiger partial charge in [0.15, 0.2) is 0 Å². The number of hydrogen-bond acceptors (Lipinski definition) is 14. The fraction of sp³-hybridized carbons (Fsp3) is 0.348. The number of aliphatic hydroxyl groups excluding tert-OH is 2. The first-order valence-corrected chi connectivity index (χ1v) is 22.4. The fourth-order valence-corrected chi connectivity index (χ4v) is 10.5. The highest BCUT2D eigenvalue weighted by molar-refractivity contribution is 7.19. The van der Waals surface area contributed by atoms with Crippen LogP contribution in [0.4, 0.5) is 5.95 Å². The Labute approximate surface area is 367 Å². The summed E-state index contributed by atoms with van der Waals surface area (Å²) in [6, 6.07) is 17.3. The van der Waals surface area contributed by atoms with Crippen LogP contribution < -0.4 is 10.2 Å². The molecule has 62 heavy (non-hydrogen) atoms. The Bertz CT molecular complexity index is 2680. The molecule has 2 aliphatic rings. The number of para-hydroxylation sites is 1. The standard InChI is InChI=1S/C46H49N9O5S2/c1-24(2)40(45(60)55-22-31(56)18-37(55)43(59)50-26(4)28-10-12-29(13-11-28)42-27(5)49-23-61-42)39(58)20-34(47)35-14-16-48-46(51-35)54-17-15-30(21-54)41-25(3)33-19-36(52-53-44(33)62-41)32-8-6-7-9-38(32)57/h6-14,16,19-20,23-24,26,30-31,37,40,47,56-58H,15,17-18,21-22H2,1-5H3,(H,50,59)/b39-20-,47-34?/t26-,30+,31+,37-,40+/m0/s1. The largest absolute Gasteiger partial charge is 0.511 e. The van der Waals surface area contributed by atoms with Crippen LogP contribution in [-0.4, -0.2) is 94.7 Å². The van der Waals surface area contributed by atoms with E-state index in [1.807, 2.05) is 61.8 Å². The molecule has 4 aromatic heterocycles. The summed E-state index contributed by atoms with van der Waals surface area (Å²) in [4.78, 5) is 48.1. The summed E-state index contributed by atoms with van der Waals surface area (Å²) < 4.78 is 0.